The van der Waals surface area contributed by atoms with E-state index in [9.17, 15) is 45.9 Å². The van der Waals surface area contributed by atoms with E-state index in [1.165, 1.54) is 32.2 Å². The van der Waals surface area contributed by atoms with E-state index in [0.29, 0.717) is 37.9 Å². The van der Waals surface area contributed by atoms with Gasteiger partial charge in [-0.2, -0.15) is 13.2 Å². The van der Waals surface area contributed by atoms with Crippen molar-refractivity contribution in [3.63, 3.8) is 0 Å². The number of rotatable bonds is 10. The number of benzene rings is 1. The number of allylic oxidation sites excluding steroid dienone is 1. The fraction of sp³-hybridized carbons (Fsp3) is 0.622. The summed E-state index contributed by atoms with van der Waals surface area (Å²) in [5.41, 5.74) is -3.26. The van der Waals surface area contributed by atoms with E-state index in [1.807, 2.05) is 13.0 Å². The fourth-order valence-corrected chi connectivity index (χ4v) is 8.94. The molecule has 1 aromatic heterocycles. The number of hydrogen-bond donors (Lipinski definition) is 4. The first-order chi connectivity index (χ1) is 26.8. The summed E-state index contributed by atoms with van der Waals surface area (Å²) >= 11 is 0. The molecule has 0 unspecified atom stereocenters. The molecule has 0 spiro atoms. The Morgan fingerprint density at radius 3 is 2.53 bits per heavy atom. The lowest BCUT2D eigenvalue weighted by atomic mass is 9.87. The first-order valence-electron chi connectivity index (χ1n) is 18.8. The molecule has 6 rings (SSSR count). The van der Waals surface area contributed by atoms with Gasteiger partial charge in [0, 0.05) is 31.4 Å². The molecule has 2 saturated carbocycles. The summed E-state index contributed by atoms with van der Waals surface area (Å²) in [6.45, 7) is 4.88. The van der Waals surface area contributed by atoms with Gasteiger partial charge >= 0.3 is 12.3 Å². The van der Waals surface area contributed by atoms with Crippen LogP contribution in [0, 0.1) is 17.8 Å². The lowest BCUT2D eigenvalue weighted by Crippen LogP contribution is -2.59. The Kier molecular flexibility index (Phi) is 11.7. The maximum atomic E-state index is 14.6. The van der Waals surface area contributed by atoms with Crippen molar-refractivity contribution in [1.29, 1.82) is 0 Å². The van der Waals surface area contributed by atoms with E-state index in [-0.39, 0.29) is 36.6 Å². The maximum Gasteiger partial charge on any atom is 0.438 e. The Hall–Kier alpha value is -4.72. The van der Waals surface area contributed by atoms with Crippen LogP contribution < -0.4 is 24.8 Å². The number of alkyl halides is 3. The number of sulfonamides is 1. The van der Waals surface area contributed by atoms with Gasteiger partial charge in [-0.05, 0) is 70.4 Å². The number of halogens is 3. The van der Waals surface area contributed by atoms with Gasteiger partial charge in [0.1, 0.15) is 29.5 Å². The lowest BCUT2D eigenvalue weighted by molar-refractivity contribution is -0.143. The van der Waals surface area contributed by atoms with Crippen LogP contribution in [0.1, 0.15) is 71.4 Å². The molecule has 4 amide bonds. The predicted octanol–water partition coefficient (Wildman–Crippen LogP) is 3.54. The number of fused-ring (bicyclic) bond motifs is 3. The van der Waals surface area contributed by atoms with Crippen molar-refractivity contribution < 1.29 is 60.1 Å². The van der Waals surface area contributed by atoms with Gasteiger partial charge in [0.05, 0.1) is 35.5 Å². The molecule has 3 fully saturated rings. The number of methoxy groups -OCH3 is 1. The van der Waals surface area contributed by atoms with Crippen molar-refractivity contribution in [1.82, 2.24) is 30.2 Å². The van der Waals surface area contributed by atoms with Gasteiger partial charge in [0.15, 0.2) is 0 Å². The monoisotopic (exact) mass is 824 g/mol. The minimum absolute atomic E-state index is 0.0173. The van der Waals surface area contributed by atoms with E-state index in [1.54, 1.807) is 13.0 Å². The summed E-state index contributed by atoms with van der Waals surface area (Å²) in [6.07, 6.45) is -2.56. The average Bonchev–Trinajstić information content (AvgIpc) is 4.01. The summed E-state index contributed by atoms with van der Waals surface area (Å²) < 4.78 is 87.3. The zero-order valence-electron chi connectivity index (χ0n) is 31.9. The molecule has 16 nitrogen and oxygen atoms in total. The molecule has 1 saturated heterocycles. The standard InChI is InChI=1S/C37H47F3N6O10S/c1-5-55-23-10-11-25-26(15-23)42-31(29(41-25)37(38,39)40)56-24-16-27-30(47)44-36(33(49)45-57(52,53)35(3)12-13-35)17-22(36)9-7-6-8-20(2)14-21(19-54-4)28(43-34(50)51)32(48)46(27)18-24/h7,9-11,15,20-22,24,27-28,43H,5-6,8,12-14,16-19H2,1-4H3,(H,44,47)(H,45,49)(H,50,51)/t20-,21-,22+,24+,27-,28-,36+/m0/s1. The molecule has 0 bridgehead atoms. The number of carboxylic acid groups (broad SMARTS) is 1. The van der Waals surface area contributed by atoms with E-state index in [4.69, 9.17) is 14.2 Å². The topological polar surface area (TPSA) is 215 Å². The number of carbonyl (C=O) groups is 4. The molecule has 2 aromatic rings. The molecular weight excluding hydrogens is 777 g/mol. The third-order valence-electron chi connectivity index (χ3n) is 11.2. The molecular formula is C37H47F3N6O10S. The van der Waals surface area contributed by atoms with Gasteiger partial charge < -0.3 is 34.9 Å². The minimum atomic E-state index is -5.03. The molecule has 57 heavy (non-hydrogen) atoms. The van der Waals surface area contributed by atoms with Gasteiger partial charge in [0.25, 0.3) is 5.91 Å². The third-order valence-corrected chi connectivity index (χ3v) is 13.4. The SMILES string of the molecule is CCOc1ccc2nc(C(F)(F)F)c(O[C@@H]3C[C@H]4C(=O)N[C@]5(C(=O)NS(=O)(=O)C6(C)CC6)C[C@H]5C=CCC[C@H](C)C[C@@H](COC)[C@H](NC(=O)O)C(=O)N4C3)nc2c1. The summed E-state index contributed by atoms with van der Waals surface area (Å²) in [5.74, 6) is -4.76. The molecule has 3 heterocycles. The number of carbonyl (C=O) groups excluding carboxylic acids is 3. The number of ether oxygens (including phenoxy) is 3. The molecule has 7 atom stereocenters. The Morgan fingerprint density at radius 2 is 1.88 bits per heavy atom. The fourth-order valence-electron chi connectivity index (χ4n) is 7.62. The second-order valence-corrected chi connectivity index (χ2v) is 17.8. The highest BCUT2D eigenvalue weighted by Gasteiger charge is 2.63. The second kappa shape index (κ2) is 15.9. The predicted molar refractivity (Wildman–Crippen MR) is 196 cm³/mol. The first kappa shape index (κ1) is 41.9. The van der Waals surface area contributed by atoms with Crippen molar-refractivity contribution in [2.45, 2.75) is 100 Å². The summed E-state index contributed by atoms with van der Waals surface area (Å²) in [6, 6.07) is 1.19. The van der Waals surface area contributed by atoms with Crippen LogP contribution in [0.4, 0.5) is 18.0 Å². The number of nitrogens with zero attached hydrogens (tertiary/aromatic N) is 3. The molecule has 2 aliphatic carbocycles. The largest absolute Gasteiger partial charge is 0.494 e. The van der Waals surface area contributed by atoms with Gasteiger partial charge in [-0.3, -0.25) is 19.1 Å². The van der Waals surface area contributed by atoms with E-state index in [0.717, 1.165) is 4.90 Å². The smallest absolute Gasteiger partial charge is 0.438 e. The van der Waals surface area contributed by atoms with Crippen LogP contribution in [-0.4, -0.2) is 108 Å². The molecule has 1 aromatic carbocycles. The summed E-state index contributed by atoms with van der Waals surface area (Å²) in [7, 11) is -2.73. The van der Waals surface area contributed by atoms with Crippen molar-refractivity contribution in [2.24, 2.45) is 17.8 Å². The zero-order chi connectivity index (χ0) is 41.5. The van der Waals surface area contributed by atoms with E-state index >= 15 is 0 Å². The van der Waals surface area contributed by atoms with Gasteiger partial charge in [-0.25, -0.2) is 23.2 Å². The molecule has 4 aliphatic rings. The van der Waals surface area contributed by atoms with Gasteiger partial charge in [0.2, 0.25) is 33.4 Å². The Labute approximate surface area is 327 Å². The molecule has 0 radical (unpaired) electrons. The van der Waals surface area contributed by atoms with Crippen LogP contribution in [0.2, 0.25) is 0 Å². The number of hydrogen-bond acceptors (Lipinski definition) is 11. The van der Waals surface area contributed by atoms with Crippen LogP contribution >= 0.6 is 0 Å². The normalized spacial score (nSPS) is 28.9. The van der Waals surface area contributed by atoms with Crippen molar-refractivity contribution in [3.8, 4) is 11.6 Å². The van der Waals surface area contributed by atoms with Crippen LogP contribution in [-0.2, 0) is 35.3 Å². The second-order valence-electron chi connectivity index (χ2n) is 15.6. The van der Waals surface area contributed by atoms with E-state index < -0.39 is 105 Å². The molecule has 20 heteroatoms. The van der Waals surface area contributed by atoms with Crippen molar-refractivity contribution >= 4 is 44.9 Å². The number of amides is 4. The molecule has 312 valence electrons. The summed E-state index contributed by atoms with van der Waals surface area (Å²) in [4.78, 5) is 63.8. The van der Waals surface area contributed by atoms with Gasteiger partial charge in [-0.1, -0.05) is 19.1 Å². The highest BCUT2D eigenvalue weighted by atomic mass is 32.2. The quantitative estimate of drug-likeness (QED) is 0.253. The zero-order valence-corrected chi connectivity index (χ0v) is 32.7. The van der Waals surface area contributed by atoms with Crippen molar-refractivity contribution in [2.75, 3.05) is 26.9 Å². The van der Waals surface area contributed by atoms with Crippen LogP contribution in [0.5, 0.6) is 11.6 Å². The lowest BCUT2D eigenvalue weighted by Gasteiger charge is -2.33. The minimum Gasteiger partial charge on any atom is -0.494 e. The first-order valence-corrected chi connectivity index (χ1v) is 20.3. The van der Waals surface area contributed by atoms with Crippen LogP contribution in [0.25, 0.3) is 11.0 Å². The Morgan fingerprint density at radius 1 is 1.14 bits per heavy atom. The van der Waals surface area contributed by atoms with E-state index in [2.05, 4.69) is 25.3 Å². The van der Waals surface area contributed by atoms with Crippen LogP contribution in [0.15, 0.2) is 30.4 Å². The highest BCUT2D eigenvalue weighted by molar-refractivity contribution is 7.91. The Balaban J connectivity index is 1.39. The maximum absolute atomic E-state index is 14.6. The molecule has 4 N–H and O–H groups in total. The Bertz CT molecular complexity index is 2050. The average molecular weight is 825 g/mol. The number of aromatic nitrogens is 2. The number of nitrogens with one attached hydrogen (secondary N) is 3. The van der Waals surface area contributed by atoms with Crippen molar-refractivity contribution in [3.05, 3.63) is 36.0 Å². The van der Waals surface area contributed by atoms with Gasteiger partial charge in [-0.15, -0.1) is 0 Å². The third kappa shape index (κ3) is 8.90. The molecule has 2 aliphatic heterocycles. The summed E-state index contributed by atoms with van der Waals surface area (Å²) in [5, 5.41) is 14.8. The highest BCUT2D eigenvalue weighted by Crippen LogP contribution is 2.48. The van der Waals surface area contributed by atoms with Crippen LogP contribution in [0.3, 0.4) is 0 Å².